The second kappa shape index (κ2) is 7.02. The van der Waals surface area contributed by atoms with Gasteiger partial charge in [-0.05, 0) is 31.0 Å². The Morgan fingerprint density at radius 2 is 1.74 bits per heavy atom. The second-order valence-corrected chi connectivity index (χ2v) is 4.96. The summed E-state index contributed by atoms with van der Waals surface area (Å²) in [5, 5.41) is 0. The summed E-state index contributed by atoms with van der Waals surface area (Å²) in [5.74, 6) is 0.0206. The van der Waals surface area contributed by atoms with Crippen molar-refractivity contribution in [3.8, 4) is 0 Å². The third-order valence-electron chi connectivity index (χ3n) is 2.99. The molecule has 0 saturated heterocycles. The van der Waals surface area contributed by atoms with Crippen LogP contribution in [0.4, 0.5) is 11.4 Å². The van der Waals surface area contributed by atoms with E-state index >= 15 is 0 Å². The van der Waals surface area contributed by atoms with Gasteiger partial charge in [-0.25, -0.2) is 0 Å². The van der Waals surface area contributed by atoms with E-state index in [9.17, 15) is 4.79 Å². The maximum atomic E-state index is 12.2. The van der Waals surface area contributed by atoms with E-state index in [0.717, 1.165) is 37.2 Å². The minimum atomic E-state index is 0.0206. The van der Waals surface area contributed by atoms with Crippen molar-refractivity contribution in [1.82, 2.24) is 4.90 Å². The molecule has 0 spiro atoms. The van der Waals surface area contributed by atoms with Crippen LogP contribution in [0.1, 0.15) is 37.0 Å². The molecule has 1 aromatic rings. The molecule has 0 aliphatic heterocycles. The predicted molar refractivity (Wildman–Crippen MR) is 81.7 cm³/mol. The molecule has 4 heteroatoms. The summed E-state index contributed by atoms with van der Waals surface area (Å²) < 4.78 is 0. The number of amides is 1. The average molecular weight is 263 g/mol. The number of benzene rings is 1. The summed E-state index contributed by atoms with van der Waals surface area (Å²) in [7, 11) is 3.54. The van der Waals surface area contributed by atoms with E-state index in [4.69, 9.17) is 5.73 Å². The molecule has 0 unspecified atom stereocenters. The van der Waals surface area contributed by atoms with E-state index < -0.39 is 0 Å². The summed E-state index contributed by atoms with van der Waals surface area (Å²) in [6.45, 7) is 6.15. The number of hydrogen-bond acceptors (Lipinski definition) is 3. The summed E-state index contributed by atoms with van der Waals surface area (Å²) in [6, 6.07) is 5.52. The van der Waals surface area contributed by atoms with Gasteiger partial charge >= 0.3 is 0 Å². The zero-order valence-corrected chi connectivity index (χ0v) is 12.4. The molecular formula is C15H25N3O. The highest BCUT2D eigenvalue weighted by molar-refractivity contribution is 6.00. The first kappa shape index (κ1) is 15.3. The van der Waals surface area contributed by atoms with Crippen LogP contribution >= 0.6 is 0 Å². The van der Waals surface area contributed by atoms with Gasteiger partial charge in [-0.15, -0.1) is 0 Å². The predicted octanol–water partition coefficient (Wildman–Crippen LogP) is 2.60. The minimum Gasteiger partial charge on any atom is -0.399 e. The van der Waals surface area contributed by atoms with Crippen LogP contribution in [0.5, 0.6) is 0 Å². The maximum Gasteiger partial charge on any atom is 0.255 e. The SMILES string of the molecule is CCCN(CCC)c1cc(N)ccc1C(=O)N(C)C. The van der Waals surface area contributed by atoms with E-state index in [1.165, 1.54) is 0 Å². The molecule has 0 fully saturated rings. The van der Waals surface area contributed by atoms with Crippen LogP contribution in [0.3, 0.4) is 0 Å². The summed E-state index contributed by atoms with van der Waals surface area (Å²) in [5.41, 5.74) is 8.25. The zero-order chi connectivity index (χ0) is 14.4. The van der Waals surface area contributed by atoms with E-state index in [1.54, 1.807) is 25.1 Å². The Labute approximate surface area is 116 Å². The van der Waals surface area contributed by atoms with Gasteiger partial charge in [0.25, 0.3) is 5.91 Å². The highest BCUT2D eigenvalue weighted by atomic mass is 16.2. The van der Waals surface area contributed by atoms with Crippen LogP contribution in [0, 0.1) is 0 Å². The number of nitrogens with two attached hydrogens (primary N) is 1. The molecule has 4 nitrogen and oxygen atoms in total. The summed E-state index contributed by atoms with van der Waals surface area (Å²) in [6.07, 6.45) is 2.09. The lowest BCUT2D eigenvalue weighted by Crippen LogP contribution is -2.29. The van der Waals surface area contributed by atoms with E-state index in [2.05, 4.69) is 18.7 Å². The molecule has 0 atom stereocenters. The lowest BCUT2D eigenvalue weighted by atomic mass is 10.1. The number of anilines is 2. The monoisotopic (exact) mass is 263 g/mol. The zero-order valence-electron chi connectivity index (χ0n) is 12.4. The molecule has 0 aliphatic rings. The van der Waals surface area contributed by atoms with Crippen LogP contribution in [-0.4, -0.2) is 38.0 Å². The fourth-order valence-electron chi connectivity index (χ4n) is 2.12. The van der Waals surface area contributed by atoms with E-state index in [0.29, 0.717) is 5.69 Å². The van der Waals surface area contributed by atoms with Crippen LogP contribution in [0.25, 0.3) is 0 Å². The molecule has 1 amide bonds. The lowest BCUT2D eigenvalue weighted by molar-refractivity contribution is 0.0828. The second-order valence-electron chi connectivity index (χ2n) is 4.96. The molecule has 2 N–H and O–H groups in total. The average Bonchev–Trinajstić information content (AvgIpc) is 2.37. The van der Waals surface area contributed by atoms with Crippen molar-refractivity contribution < 1.29 is 4.79 Å². The van der Waals surface area contributed by atoms with Crippen LogP contribution in [0.15, 0.2) is 18.2 Å². The van der Waals surface area contributed by atoms with Crippen molar-refractivity contribution in [2.45, 2.75) is 26.7 Å². The van der Waals surface area contributed by atoms with Crippen molar-refractivity contribution in [1.29, 1.82) is 0 Å². The molecule has 0 heterocycles. The topological polar surface area (TPSA) is 49.6 Å². The van der Waals surface area contributed by atoms with Crippen molar-refractivity contribution in [3.63, 3.8) is 0 Å². The molecular weight excluding hydrogens is 238 g/mol. The molecule has 0 radical (unpaired) electrons. The summed E-state index contributed by atoms with van der Waals surface area (Å²) in [4.78, 5) is 16.1. The molecule has 0 aliphatic carbocycles. The highest BCUT2D eigenvalue weighted by Gasteiger charge is 2.17. The van der Waals surface area contributed by atoms with E-state index in [1.807, 2.05) is 12.1 Å². The molecule has 0 aromatic heterocycles. The number of hydrogen-bond donors (Lipinski definition) is 1. The molecule has 0 bridgehead atoms. The minimum absolute atomic E-state index is 0.0206. The Kier molecular flexibility index (Phi) is 5.67. The molecule has 0 saturated carbocycles. The van der Waals surface area contributed by atoms with Gasteiger partial charge in [-0.3, -0.25) is 4.79 Å². The van der Waals surface area contributed by atoms with Crippen molar-refractivity contribution in [2.75, 3.05) is 37.8 Å². The van der Waals surface area contributed by atoms with Crippen molar-refractivity contribution >= 4 is 17.3 Å². The number of nitrogens with zero attached hydrogens (tertiary/aromatic N) is 2. The van der Waals surface area contributed by atoms with Gasteiger partial charge in [0.05, 0.1) is 11.3 Å². The van der Waals surface area contributed by atoms with Gasteiger partial charge in [0.2, 0.25) is 0 Å². The fourth-order valence-corrected chi connectivity index (χ4v) is 2.12. The smallest absolute Gasteiger partial charge is 0.255 e. The first-order valence-corrected chi connectivity index (χ1v) is 6.87. The molecule has 1 rings (SSSR count). The third-order valence-corrected chi connectivity index (χ3v) is 2.99. The largest absolute Gasteiger partial charge is 0.399 e. The van der Waals surface area contributed by atoms with Gasteiger partial charge in [-0.2, -0.15) is 0 Å². The number of carbonyl (C=O) groups excluding carboxylic acids is 1. The van der Waals surface area contributed by atoms with Crippen molar-refractivity contribution in [2.24, 2.45) is 0 Å². The normalized spacial score (nSPS) is 10.3. The van der Waals surface area contributed by atoms with Gasteiger partial charge in [0.1, 0.15) is 0 Å². The summed E-state index contributed by atoms with van der Waals surface area (Å²) >= 11 is 0. The van der Waals surface area contributed by atoms with Gasteiger partial charge in [-0.1, -0.05) is 13.8 Å². The lowest BCUT2D eigenvalue weighted by Gasteiger charge is -2.27. The number of carbonyl (C=O) groups is 1. The van der Waals surface area contributed by atoms with Gasteiger partial charge in [0, 0.05) is 32.9 Å². The Hall–Kier alpha value is -1.71. The first-order chi connectivity index (χ1) is 9.01. The van der Waals surface area contributed by atoms with Gasteiger partial charge < -0.3 is 15.5 Å². The Morgan fingerprint density at radius 3 is 2.21 bits per heavy atom. The number of rotatable bonds is 6. The Morgan fingerprint density at radius 1 is 1.16 bits per heavy atom. The van der Waals surface area contributed by atoms with Crippen molar-refractivity contribution in [3.05, 3.63) is 23.8 Å². The number of nitrogen functional groups attached to an aromatic ring is 1. The third kappa shape index (κ3) is 3.88. The molecule has 1 aromatic carbocycles. The Balaban J connectivity index is 3.21. The standard InChI is InChI=1S/C15H25N3O/c1-5-9-18(10-6-2)14-11-12(16)7-8-13(14)15(19)17(3)4/h7-8,11H,5-6,9-10,16H2,1-4H3. The highest BCUT2D eigenvalue weighted by Crippen LogP contribution is 2.25. The van der Waals surface area contributed by atoms with Crippen LogP contribution in [0.2, 0.25) is 0 Å². The van der Waals surface area contributed by atoms with Crippen LogP contribution in [-0.2, 0) is 0 Å². The van der Waals surface area contributed by atoms with Crippen LogP contribution < -0.4 is 10.6 Å². The maximum absolute atomic E-state index is 12.2. The Bertz CT molecular complexity index is 423. The fraction of sp³-hybridized carbons (Fsp3) is 0.533. The van der Waals surface area contributed by atoms with E-state index in [-0.39, 0.29) is 5.91 Å². The van der Waals surface area contributed by atoms with Gasteiger partial charge in [0.15, 0.2) is 0 Å². The quantitative estimate of drug-likeness (QED) is 0.803. The molecule has 19 heavy (non-hydrogen) atoms. The molecule has 106 valence electrons. The first-order valence-electron chi connectivity index (χ1n) is 6.87.